The quantitative estimate of drug-likeness (QED) is 0.0110. The number of non-ortho nitro benzene ring substituents is 2. The number of piperidine rings is 2. The van der Waals surface area contributed by atoms with Crippen molar-refractivity contribution in [1.82, 2.24) is 39.7 Å². The number of aryl methyl sites for hydroxylation is 2. The molecule has 0 spiro atoms. The molecule has 0 amide bonds. The number of pyridine rings is 2. The minimum atomic E-state index is -1.24. The number of aromatic nitrogens is 6. The molecule has 6 saturated heterocycles. The van der Waals surface area contributed by atoms with Crippen LogP contribution in [0.3, 0.4) is 0 Å². The van der Waals surface area contributed by atoms with Crippen LogP contribution in [0, 0.1) is 43.5 Å². The Morgan fingerprint density at radius 3 is 1.39 bits per heavy atom. The summed E-state index contributed by atoms with van der Waals surface area (Å²) >= 11 is 0. The molecule has 0 N–H and O–H groups in total. The van der Waals surface area contributed by atoms with Crippen molar-refractivity contribution in [2.24, 2.45) is 0 Å². The fraction of sp³-hybridized carbons (Fsp3) is 0.472. The van der Waals surface area contributed by atoms with Gasteiger partial charge in [-0.2, -0.15) is 19.9 Å². The molecule has 0 radical (unpaired) electrons. The third kappa shape index (κ3) is 17.9. The number of nitro benzene ring substituents is 2. The normalized spacial score (nSPS) is 22.3. The second-order valence-corrected chi connectivity index (χ2v) is 32.9. The van der Waals surface area contributed by atoms with Gasteiger partial charge in [-0.15, -0.1) is 0 Å². The third-order valence-electron chi connectivity index (χ3n) is 24.4. The number of nitro groups is 2. The highest BCUT2D eigenvalue weighted by atomic mass is 19.1. The summed E-state index contributed by atoms with van der Waals surface area (Å²) in [6.07, 6.45) is 10.3. The maximum absolute atomic E-state index is 18.1. The number of fused-ring (bicyclic) bond motifs is 4. The van der Waals surface area contributed by atoms with Gasteiger partial charge in [-0.05, 0) is 199 Å². The molecule has 0 bridgehead atoms. The van der Waals surface area contributed by atoms with Gasteiger partial charge in [0.15, 0.2) is 37.8 Å². The van der Waals surface area contributed by atoms with Gasteiger partial charge in [0.25, 0.3) is 11.4 Å². The monoisotopic (exact) mass is 1680 g/mol. The predicted octanol–water partition coefficient (Wildman–Crippen LogP) is 16.6. The molecule has 6 aliphatic heterocycles. The van der Waals surface area contributed by atoms with Crippen LogP contribution in [0.15, 0.2) is 97.3 Å². The number of halogens is 4. The van der Waals surface area contributed by atoms with E-state index in [9.17, 15) is 25.0 Å². The van der Waals surface area contributed by atoms with E-state index >= 15 is 17.6 Å². The van der Waals surface area contributed by atoms with E-state index in [4.69, 9.17) is 86.7 Å². The number of likely N-dealkylation sites (N-methyl/N-ethyl adjacent to an activating group) is 2. The number of methoxy groups -OCH3 is 2. The fourth-order valence-corrected chi connectivity index (χ4v) is 18.4. The first-order valence-corrected chi connectivity index (χ1v) is 41.6. The standard InChI is InChI=1S/C89H98F4N12O17/c1-9-61-69(90)23-19-51-35-59(117-49-111-7)39-65(75(51)61)79-77(92)81-67(41-94-79)83(102-29-15-27-88(3,47-102)121-73-17-11-13-31-113-73)98-85(96-81)115-45-57-33-53(43-100(57)5)63-37-55(104(107)108)21-25-71(63)119-87(106)120-72-26-22-56(105(109)110)38-64(72)54-34-58(101(6)44-54)46-116-86-97-82-68(84(99-86)103-30-16-28-89(4,48-103)122-74-18-12-14-32-114-74)42-95-80(78(82)93)66-40-60(118-50-112-8)36-52-20-24-70(91)62(10-2)76(52)66/h19-26,35-42,53-54,57-58,73-74H,9-18,27-34,43-50H2,1-8H3/t53?,54?,57?,58?,73-,74-,88-,89-/m0/s1. The van der Waals surface area contributed by atoms with Gasteiger partial charge in [0.1, 0.15) is 81.9 Å². The molecule has 16 rings (SSSR count). The lowest BCUT2D eigenvalue weighted by atomic mass is 9.93. The van der Waals surface area contributed by atoms with Crippen molar-refractivity contribution in [3.05, 3.63) is 163 Å². The maximum atomic E-state index is 18.1. The lowest BCUT2D eigenvalue weighted by molar-refractivity contribution is -0.385. The summed E-state index contributed by atoms with van der Waals surface area (Å²) in [6, 6.07) is 19.2. The Morgan fingerprint density at radius 1 is 0.557 bits per heavy atom. The van der Waals surface area contributed by atoms with Crippen molar-refractivity contribution in [3.63, 3.8) is 0 Å². The smallest absolute Gasteiger partial charge is 0.468 e. The number of ether oxygens (including phenoxy) is 12. The Morgan fingerprint density at radius 2 is 0.992 bits per heavy atom. The zero-order chi connectivity index (χ0) is 85.3. The number of carbonyl (C=O) groups is 1. The number of carbonyl (C=O) groups excluding carboxylic acids is 1. The predicted molar refractivity (Wildman–Crippen MR) is 445 cm³/mol. The van der Waals surface area contributed by atoms with Gasteiger partial charge in [0.05, 0.1) is 31.8 Å². The molecule has 644 valence electrons. The van der Waals surface area contributed by atoms with E-state index in [1.807, 2.05) is 61.4 Å². The number of hydrogen-bond acceptors (Lipinski definition) is 27. The number of anilines is 2. The van der Waals surface area contributed by atoms with E-state index in [1.165, 1.54) is 75.1 Å². The Kier molecular flexibility index (Phi) is 25.2. The topological polar surface area (TPSA) is 304 Å². The van der Waals surface area contributed by atoms with Gasteiger partial charge < -0.3 is 66.6 Å². The molecular weight excluding hydrogens is 1590 g/mol. The van der Waals surface area contributed by atoms with Crippen LogP contribution in [0.5, 0.6) is 35.0 Å². The highest BCUT2D eigenvalue weighted by Crippen LogP contribution is 2.47. The van der Waals surface area contributed by atoms with E-state index in [2.05, 4.69) is 0 Å². The van der Waals surface area contributed by atoms with E-state index < -0.39 is 87.0 Å². The minimum absolute atomic E-state index is 0.0476. The molecule has 4 unspecified atom stereocenters. The first-order valence-electron chi connectivity index (χ1n) is 41.6. The lowest BCUT2D eigenvalue weighted by Crippen LogP contribution is -2.50. The number of nitrogens with zero attached hydrogens (tertiary/aromatic N) is 12. The molecule has 29 nitrogen and oxygen atoms in total. The average Bonchev–Trinajstić information content (AvgIpc) is 0.888. The largest absolute Gasteiger partial charge is 0.519 e. The Labute approximate surface area is 701 Å². The molecule has 10 heterocycles. The molecule has 4 aromatic heterocycles. The summed E-state index contributed by atoms with van der Waals surface area (Å²) in [7, 11) is 6.65. The molecule has 10 aromatic rings. The van der Waals surface area contributed by atoms with Gasteiger partial charge in [0, 0.05) is 150 Å². The molecule has 6 aliphatic rings. The average molecular weight is 1680 g/mol. The van der Waals surface area contributed by atoms with Crippen LogP contribution in [0.25, 0.3) is 65.9 Å². The second-order valence-electron chi connectivity index (χ2n) is 32.9. The Bertz CT molecular complexity index is 5280. The van der Waals surface area contributed by atoms with Gasteiger partial charge in [-0.25, -0.2) is 22.4 Å². The van der Waals surface area contributed by atoms with E-state index in [0.29, 0.717) is 132 Å². The number of benzene rings is 6. The van der Waals surface area contributed by atoms with Crippen molar-refractivity contribution >= 4 is 72.5 Å². The van der Waals surface area contributed by atoms with Crippen molar-refractivity contribution in [2.75, 3.05) is 117 Å². The SMILES string of the molecule is CCc1c(F)ccc2cc(OCOC)cc(-c3ncc4c(N5CCC[C@](C)(O[C@H]6CCCCO6)C5)nc(OCC5CC(c6cc([N+](=O)[O-])ccc6OC(=O)Oc6ccc([N+](=O)[O-])cc6C6CC(COc7nc(N8CCC[C@](C)(O[C@H]9CCCCO9)C8)c8cnc(-c9cc(OCOC)cc%10ccc(F)c(CC)c9%10)c(F)c8n7)N(C)C6)CN5C)nc4c3F)c12. The van der Waals surface area contributed by atoms with Crippen molar-refractivity contribution < 1.29 is 89.0 Å². The molecular formula is C89H98F4N12O17. The highest BCUT2D eigenvalue weighted by Gasteiger charge is 2.42. The molecule has 6 aromatic carbocycles. The summed E-state index contributed by atoms with van der Waals surface area (Å²) in [4.78, 5) is 75.6. The molecule has 122 heavy (non-hydrogen) atoms. The zero-order valence-electron chi connectivity index (χ0n) is 69.4. The van der Waals surface area contributed by atoms with E-state index in [1.54, 1.807) is 36.4 Å². The van der Waals surface area contributed by atoms with Gasteiger partial charge in [0.2, 0.25) is 0 Å². The van der Waals surface area contributed by atoms with Crippen molar-refractivity contribution in [1.29, 1.82) is 0 Å². The summed E-state index contributed by atoms with van der Waals surface area (Å²) in [5.74, 6) is -2.35. The summed E-state index contributed by atoms with van der Waals surface area (Å²) in [5.41, 5.74) is -0.541. The molecule has 33 heteroatoms. The van der Waals surface area contributed by atoms with E-state index in [0.717, 1.165) is 51.4 Å². The molecule has 6 fully saturated rings. The zero-order valence-corrected chi connectivity index (χ0v) is 69.4. The Hall–Kier alpha value is -10.9. The van der Waals surface area contributed by atoms with E-state index in [-0.39, 0.29) is 132 Å². The maximum Gasteiger partial charge on any atom is 0.519 e. The van der Waals surface area contributed by atoms with Gasteiger partial charge in [-0.3, -0.25) is 40.0 Å². The Balaban J connectivity index is 0.655. The fourth-order valence-electron chi connectivity index (χ4n) is 18.4. The molecule has 0 saturated carbocycles. The second kappa shape index (κ2) is 36.3. The summed E-state index contributed by atoms with van der Waals surface area (Å²) in [6.45, 7) is 10.8. The summed E-state index contributed by atoms with van der Waals surface area (Å²) < 4.78 is 141. The third-order valence-corrected chi connectivity index (χ3v) is 24.4. The highest BCUT2D eigenvalue weighted by molar-refractivity contribution is 6.03. The lowest BCUT2D eigenvalue weighted by Gasteiger charge is -2.43. The van der Waals surface area contributed by atoms with Crippen LogP contribution in [0.2, 0.25) is 0 Å². The number of likely N-dealkylation sites (tertiary alicyclic amines) is 2. The first-order chi connectivity index (χ1) is 58.9. The van der Waals surface area contributed by atoms with Crippen LogP contribution in [0.1, 0.15) is 139 Å². The molecule has 8 atom stereocenters. The number of rotatable bonds is 28. The van der Waals surface area contributed by atoms with Gasteiger partial charge in [-0.1, -0.05) is 26.0 Å². The van der Waals surface area contributed by atoms with Crippen molar-refractivity contribution in [2.45, 2.75) is 165 Å². The van der Waals surface area contributed by atoms with Gasteiger partial charge >= 0.3 is 18.2 Å². The first kappa shape index (κ1) is 84.7. The number of hydrogen-bond donors (Lipinski definition) is 0. The van der Waals surface area contributed by atoms with Crippen molar-refractivity contribution in [3.8, 4) is 57.5 Å². The van der Waals surface area contributed by atoms with Crippen LogP contribution in [0.4, 0.5) is 45.4 Å². The van der Waals surface area contributed by atoms with Crippen LogP contribution < -0.4 is 38.2 Å². The van der Waals surface area contributed by atoms with Crippen LogP contribution in [-0.4, -0.2) is 199 Å². The minimum Gasteiger partial charge on any atom is -0.468 e. The van der Waals surface area contributed by atoms with Crippen LogP contribution in [-0.2, 0) is 41.3 Å². The summed E-state index contributed by atoms with van der Waals surface area (Å²) in [5, 5.41) is 27.8. The molecule has 0 aliphatic carbocycles. The van der Waals surface area contributed by atoms with Crippen LogP contribution >= 0.6 is 0 Å².